The number of nitrogens with zero attached hydrogens (tertiary/aromatic N) is 1. The van der Waals surface area contributed by atoms with Gasteiger partial charge in [0.1, 0.15) is 0 Å². The normalized spacial score (nSPS) is 19.9. The molecule has 160 valence electrons. The van der Waals surface area contributed by atoms with Crippen molar-refractivity contribution < 1.29 is 17.8 Å². The van der Waals surface area contributed by atoms with Gasteiger partial charge in [0, 0.05) is 21.2 Å². The van der Waals surface area contributed by atoms with Crippen molar-refractivity contribution in [3.63, 3.8) is 0 Å². The first-order valence-corrected chi connectivity index (χ1v) is 12.4. The number of carbonyl (C=O) groups excluding carboxylic acids is 1. The highest BCUT2D eigenvalue weighted by Gasteiger charge is 2.38. The predicted octanol–water partition coefficient (Wildman–Crippen LogP) is 5.87. The van der Waals surface area contributed by atoms with E-state index in [0.717, 1.165) is 38.2 Å². The molecule has 1 aliphatic rings. The van der Waals surface area contributed by atoms with Crippen molar-refractivity contribution in [3.05, 3.63) is 46.4 Å². The number of benzene rings is 1. The van der Waals surface area contributed by atoms with E-state index in [0.29, 0.717) is 18.4 Å². The van der Waals surface area contributed by atoms with Crippen LogP contribution in [0.1, 0.15) is 58.6 Å². The van der Waals surface area contributed by atoms with Gasteiger partial charge in [-0.05, 0) is 86.4 Å². The molecule has 0 bridgehead atoms. The minimum Gasteiger partial charge on any atom is -0.295 e. The van der Waals surface area contributed by atoms with Crippen LogP contribution in [0.3, 0.4) is 0 Å². The molecule has 0 saturated heterocycles. The summed E-state index contributed by atoms with van der Waals surface area (Å²) in [7, 11) is -4.00. The quantitative estimate of drug-likeness (QED) is 0.328. The van der Waals surface area contributed by atoms with Crippen molar-refractivity contribution in [1.29, 1.82) is 0 Å². The predicted molar refractivity (Wildman–Crippen MR) is 126 cm³/mol. The van der Waals surface area contributed by atoms with Gasteiger partial charge in [0.25, 0.3) is 10.1 Å². The second-order valence-electron chi connectivity index (χ2n) is 8.03. The van der Waals surface area contributed by atoms with E-state index < -0.39 is 15.5 Å². The van der Waals surface area contributed by atoms with Gasteiger partial charge >= 0.3 is 0 Å². The standard InChI is InChI=1S/C23H27NO4S2/c1-6-17(12-14(2)15(3)25)19-13-20-21(18-8-10-29-22(18)19)24-16(4)23(20,5)9-7-11-30(26,27)28/h6,8,10,12-13H,7,9,11H2,1-5H3,(H,26,27,28). The summed E-state index contributed by atoms with van der Waals surface area (Å²) >= 11 is 1.65. The summed E-state index contributed by atoms with van der Waals surface area (Å²) in [6, 6.07) is 4.21. The molecule has 1 aromatic carbocycles. The summed E-state index contributed by atoms with van der Waals surface area (Å²) in [6.45, 7) is 9.39. The summed E-state index contributed by atoms with van der Waals surface area (Å²) in [5, 5.41) is 3.11. The number of carbonyl (C=O) groups is 1. The van der Waals surface area contributed by atoms with Gasteiger partial charge < -0.3 is 0 Å². The van der Waals surface area contributed by atoms with Crippen molar-refractivity contribution in [2.24, 2.45) is 4.99 Å². The zero-order chi connectivity index (χ0) is 22.3. The Hall–Kier alpha value is -2.09. The molecule has 5 nitrogen and oxygen atoms in total. The monoisotopic (exact) mass is 445 g/mol. The van der Waals surface area contributed by atoms with Crippen LogP contribution in [0, 0.1) is 0 Å². The van der Waals surface area contributed by atoms with Crippen molar-refractivity contribution >= 4 is 54.3 Å². The summed E-state index contributed by atoms with van der Waals surface area (Å²) in [5.41, 5.74) is 5.24. The van der Waals surface area contributed by atoms with Crippen LogP contribution in [0.5, 0.6) is 0 Å². The van der Waals surface area contributed by atoms with Crippen LogP contribution in [-0.2, 0) is 20.3 Å². The van der Waals surface area contributed by atoms with Crippen LogP contribution in [0.4, 0.5) is 5.69 Å². The molecule has 1 aromatic heterocycles. The van der Waals surface area contributed by atoms with Crippen molar-refractivity contribution in [2.45, 2.75) is 52.9 Å². The van der Waals surface area contributed by atoms with Gasteiger partial charge in [0.2, 0.25) is 0 Å². The molecule has 7 heteroatoms. The number of Topliss-reactive ketones (excluding diaryl/α,β-unsaturated/α-hetero) is 1. The average molecular weight is 446 g/mol. The molecular formula is C23H27NO4S2. The van der Waals surface area contributed by atoms with Crippen LogP contribution in [-0.4, -0.2) is 30.2 Å². The maximum atomic E-state index is 11.8. The number of allylic oxidation sites excluding steroid dienone is 4. The lowest BCUT2D eigenvalue weighted by Crippen LogP contribution is -2.28. The fraction of sp³-hybridized carbons (Fsp3) is 0.391. The van der Waals surface area contributed by atoms with Gasteiger partial charge in [-0.15, -0.1) is 11.3 Å². The molecule has 0 spiro atoms. The fourth-order valence-electron chi connectivity index (χ4n) is 3.94. The Kier molecular flexibility index (Phi) is 6.18. The topological polar surface area (TPSA) is 83.8 Å². The number of hydrogen-bond acceptors (Lipinski definition) is 5. The molecule has 0 saturated carbocycles. The molecular weight excluding hydrogens is 418 g/mol. The third-order valence-corrected chi connectivity index (χ3v) is 7.76. The molecule has 30 heavy (non-hydrogen) atoms. The third kappa shape index (κ3) is 4.19. The molecule has 1 N–H and O–H groups in total. The number of fused-ring (bicyclic) bond motifs is 3. The van der Waals surface area contributed by atoms with E-state index in [2.05, 4.69) is 19.1 Å². The van der Waals surface area contributed by atoms with Gasteiger partial charge in [0.15, 0.2) is 5.78 Å². The van der Waals surface area contributed by atoms with Crippen LogP contribution >= 0.6 is 11.3 Å². The maximum Gasteiger partial charge on any atom is 0.264 e. The molecule has 0 amide bonds. The molecule has 1 atom stereocenters. The molecule has 1 unspecified atom stereocenters. The fourth-order valence-corrected chi connectivity index (χ4v) is 5.39. The van der Waals surface area contributed by atoms with E-state index in [1.165, 1.54) is 0 Å². The first-order valence-electron chi connectivity index (χ1n) is 9.89. The Morgan fingerprint density at radius 2 is 2.03 bits per heavy atom. The molecule has 0 aliphatic carbocycles. The summed E-state index contributed by atoms with van der Waals surface area (Å²) in [4.78, 5) is 16.7. The highest BCUT2D eigenvalue weighted by molar-refractivity contribution is 7.85. The zero-order valence-corrected chi connectivity index (χ0v) is 19.6. The van der Waals surface area contributed by atoms with E-state index in [1.807, 2.05) is 38.3 Å². The third-order valence-electron chi connectivity index (χ3n) is 6.01. The summed E-state index contributed by atoms with van der Waals surface area (Å²) < 4.78 is 32.7. The molecule has 1 aliphatic heterocycles. The lowest BCUT2D eigenvalue weighted by Gasteiger charge is -2.27. The Morgan fingerprint density at radius 3 is 2.63 bits per heavy atom. The van der Waals surface area contributed by atoms with E-state index in [9.17, 15) is 13.2 Å². The number of ketones is 1. The molecule has 3 rings (SSSR count). The van der Waals surface area contributed by atoms with Crippen LogP contribution < -0.4 is 0 Å². The first kappa shape index (κ1) is 22.6. The van der Waals surface area contributed by atoms with Crippen LogP contribution in [0.15, 0.2) is 40.2 Å². The highest BCUT2D eigenvalue weighted by Crippen LogP contribution is 2.49. The van der Waals surface area contributed by atoms with Crippen molar-refractivity contribution in [2.75, 3.05) is 5.75 Å². The molecule has 2 aromatic rings. The smallest absolute Gasteiger partial charge is 0.264 e. The van der Waals surface area contributed by atoms with Gasteiger partial charge in [-0.25, -0.2) is 0 Å². The zero-order valence-electron chi connectivity index (χ0n) is 17.9. The van der Waals surface area contributed by atoms with E-state index in [1.54, 1.807) is 18.3 Å². The molecule has 2 heterocycles. The van der Waals surface area contributed by atoms with Crippen LogP contribution in [0.2, 0.25) is 0 Å². The maximum absolute atomic E-state index is 11.8. The molecule has 0 radical (unpaired) electrons. The van der Waals surface area contributed by atoms with Crippen LogP contribution in [0.25, 0.3) is 15.7 Å². The summed E-state index contributed by atoms with van der Waals surface area (Å²) in [6.07, 6.45) is 4.84. The number of aliphatic imine (C=N–C) groups is 1. The SMILES string of the molecule is CC=C(C=C(C)C(C)=O)c1cc2c(c3ccsc13)N=C(C)C2(C)CCCS(=O)(=O)O. The first-order chi connectivity index (χ1) is 14.0. The average Bonchev–Trinajstić information content (AvgIpc) is 3.22. The van der Waals surface area contributed by atoms with Crippen molar-refractivity contribution in [1.82, 2.24) is 0 Å². The van der Waals surface area contributed by atoms with Gasteiger partial charge in [-0.1, -0.05) is 13.0 Å². The Bertz CT molecular complexity index is 1220. The molecule has 0 fully saturated rings. The lowest BCUT2D eigenvalue weighted by molar-refractivity contribution is -0.113. The highest BCUT2D eigenvalue weighted by atomic mass is 32.2. The van der Waals surface area contributed by atoms with Gasteiger partial charge in [-0.2, -0.15) is 8.42 Å². The summed E-state index contributed by atoms with van der Waals surface area (Å²) in [5.74, 6) is -0.230. The Morgan fingerprint density at radius 1 is 1.33 bits per heavy atom. The van der Waals surface area contributed by atoms with Gasteiger partial charge in [-0.3, -0.25) is 14.3 Å². The Balaban J connectivity index is 2.15. The second kappa shape index (κ2) is 8.21. The Labute approximate surface area is 182 Å². The van der Waals surface area contributed by atoms with E-state index in [-0.39, 0.29) is 11.5 Å². The number of hydrogen-bond donors (Lipinski definition) is 1. The lowest BCUT2D eigenvalue weighted by atomic mass is 9.75. The van der Waals surface area contributed by atoms with Gasteiger partial charge in [0.05, 0.1) is 11.4 Å². The second-order valence-corrected chi connectivity index (χ2v) is 10.5. The largest absolute Gasteiger partial charge is 0.295 e. The van der Waals surface area contributed by atoms with E-state index >= 15 is 0 Å². The minimum atomic E-state index is -4.00. The number of rotatable bonds is 7. The van der Waals surface area contributed by atoms with Crippen molar-refractivity contribution in [3.8, 4) is 0 Å². The minimum absolute atomic E-state index is 0.0344. The van der Waals surface area contributed by atoms with E-state index in [4.69, 9.17) is 9.55 Å². The number of thiophene rings is 1.